The fraction of sp³-hybridized carbons (Fsp3) is 0.333. The van der Waals surface area contributed by atoms with Gasteiger partial charge in [0.1, 0.15) is 12.1 Å². The quantitative estimate of drug-likeness (QED) is 0.548. The second-order valence-electron chi connectivity index (χ2n) is 7.20. The highest BCUT2D eigenvalue weighted by molar-refractivity contribution is 5.92. The zero-order valence-corrected chi connectivity index (χ0v) is 16.0. The van der Waals surface area contributed by atoms with Crippen molar-refractivity contribution in [3.05, 3.63) is 54.5 Å². The van der Waals surface area contributed by atoms with Crippen molar-refractivity contribution in [2.75, 3.05) is 36.0 Å². The van der Waals surface area contributed by atoms with Crippen molar-refractivity contribution < 1.29 is 0 Å². The molecule has 1 fully saturated rings. The van der Waals surface area contributed by atoms with Gasteiger partial charge in [-0.2, -0.15) is 4.52 Å². The highest BCUT2D eigenvalue weighted by Gasteiger charge is 2.21. The molecule has 0 spiro atoms. The minimum Gasteiger partial charge on any atom is -0.367 e. The Kier molecular flexibility index (Phi) is 4.27. The van der Waals surface area contributed by atoms with Crippen LogP contribution in [0.3, 0.4) is 0 Å². The average molecular weight is 373 g/mol. The van der Waals surface area contributed by atoms with Crippen LogP contribution in [0, 0.1) is 0 Å². The zero-order valence-electron chi connectivity index (χ0n) is 16.0. The van der Waals surface area contributed by atoms with Gasteiger partial charge >= 0.3 is 0 Å². The lowest BCUT2D eigenvalue weighted by molar-refractivity contribution is 0.642. The van der Waals surface area contributed by atoms with Crippen LogP contribution >= 0.6 is 0 Å². The molecule has 1 saturated heterocycles. The first-order valence-electron chi connectivity index (χ1n) is 9.87. The first-order chi connectivity index (χ1) is 13.8. The molecule has 1 aromatic carbocycles. The molecule has 4 heterocycles. The molecule has 142 valence electrons. The molecule has 0 N–H and O–H groups in total. The van der Waals surface area contributed by atoms with Crippen molar-refractivity contribution in [3.63, 3.8) is 0 Å². The predicted octanol–water partition coefficient (Wildman–Crippen LogP) is 2.95. The second-order valence-corrected chi connectivity index (χ2v) is 7.20. The summed E-state index contributed by atoms with van der Waals surface area (Å²) in [4.78, 5) is 9.65. The van der Waals surface area contributed by atoms with Gasteiger partial charge in [-0.15, -0.1) is 15.3 Å². The number of fused-ring (bicyclic) bond motifs is 2. The largest absolute Gasteiger partial charge is 0.367 e. The van der Waals surface area contributed by atoms with Crippen molar-refractivity contribution in [1.82, 2.24) is 24.8 Å². The summed E-state index contributed by atoms with van der Waals surface area (Å²) in [7, 11) is 0. The maximum Gasteiger partial charge on any atom is 0.177 e. The highest BCUT2D eigenvalue weighted by Crippen LogP contribution is 2.28. The number of aryl methyl sites for hydroxylation is 1. The molecule has 0 unspecified atom stereocenters. The van der Waals surface area contributed by atoms with E-state index in [1.54, 1.807) is 10.8 Å². The zero-order chi connectivity index (χ0) is 18.9. The third kappa shape index (κ3) is 3.02. The Morgan fingerprint density at radius 1 is 0.964 bits per heavy atom. The van der Waals surface area contributed by atoms with Crippen LogP contribution in [0.4, 0.5) is 11.5 Å². The lowest BCUT2D eigenvalue weighted by Crippen LogP contribution is -2.47. The molecular weight excluding hydrogens is 350 g/mol. The van der Waals surface area contributed by atoms with Crippen molar-refractivity contribution in [2.24, 2.45) is 0 Å². The van der Waals surface area contributed by atoms with Crippen LogP contribution in [0.25, 0.3) is 16.6 Å². The summed E-state index contributed by atoms with van der Waals surface area (Å²) in [6.07, 6.45) is 3.77. The van der Waals surface area contributed by atoms with Gasteiger partial charge in [-0.25, -0.2) is 0 Å². The molecule has 0 amide bonds. The Morgan fingerprint density at radius 2 is 1.79 bits per heavy atom. The van der Waals surface area contributed by atoms with E-state index < -0.39 is 0 Å². The van der Waals surface area contributed by atoms with Crippen molar-refractivity contribution in [3.8, 4) is 0 Å². The Morgan fingerprint density at radius 3 is 2.64 bits per heavy atom. The van der Waals surface area contributed by atoms with Crippen LogP contribution in [0.2, 0.25) is 0 Å². The highest BCUT2D eigenvalue weighted by atomic mass is 15.4. The average Bonchev–Trinajstić information content (AvgIpc) is 3.21. The van der Waals surface area contributed by atoms with Gasteiger partial charge in [-0.05, 0) is 30.7 Å². The fourth-order valence-electron chi connectivity index (χ4n) is 3.92. The molecule has 0 aliphatic carbocycles. The van der Waals surface area contributed by atoms with Crippen LogP contribution in [-0.4, -0.2) is 51.0 Å². The van der Waals surface area contributed by atoms with E-state index >= 15 is 0 Å². The van der Waals surface area contributed by atoms with E-state index in [4.69, 9.17) is 4.98 Å². The van der Waals surface area contributed by atoms with E-state index in [0.29, 0.717) is 0 Å². The lowest BCUT2D eigenvalue weighted by atomic mass is 10.1. The normalized spacial score (nSPS) is 14.9. The molecule has 3 aromatic heterocycles. The van der Waals surface area contributed by atoms with Crippen molar-refractivity contribution in [1.29, 1.82) is 0 Å². The van der Waals surface area contributed by atoms with Gasteiger partial charge in [0, 0.05) is 42.9 Å². The summed E-state index contributed by atoms with van der Waals surface area (Å²) in [6.45, 7) is 5.98. The van der Waals surface area contributed by atoms with Gasteiger partial charge in [-0.3, -0.25) is 4.98 Å². The summed E-state index contributed by atoms with van der Waals surface area (Å²) in [5.41, 5.74) is 4.34. The number of anilines is 2. The Hall–Kier alpha value is -3.22. The summed E-state index contributed by atoms with van der Waals surface area (Å²) < 4.78 is 1.73. The van der Waals surface area contributed by atoms with E-state index in [1.807, 2.05) is 12.1 Å². The van der Waals surface area contributed by atoms with Crippen LogP contribution in [0.15, 0.2) is 48.8 Å². The summed E-state index contributed by atoms with van der Waals surface area (Å²) >= 11 is 0. The first-order valence-corrected chi connectivity index (χ1v) is 9.87. The van der Waals surface area contributed by atoms with Crippen molar-refractivity contribution in [2.45, 2.75) is 19.8 Å². The summed E-state index contributed by atoms with van der Waals surface area (Å²) in [5.74, 6) is 0.971. The number of hydrogen-bond acceptors (Lipinski definition) is 6. The van der Waals surface area contributed by atoms with Crippen LogP contribution in [0.5, 0.6) is 0 Å². The molecule has 7 heteroatoms. The number of aromatic nitrogens is 5. The number of piperazine rings is 1. The molecule has 0 radical (unpaired) electrons. The molecule has 1 aliphatic heterocycles. The topological polar surface area (TPSA) is 62.5 Å². The van der Waals surface area contributed by atoms with Gasteiger partial charge in [0.2, 0.25) is 0 Å². The Labute approximate surface area is 163 Å². The molecule has 7 nitrogen and oxygen atoms in total. The number of hydrogen-bond donors (Lipinski definition) is 0. The van der Waals surface area contributed by atoms with Gasteiger partial charge in [0.05, 0.1) is 5.52 Å². The summed E-state index contributed by atoms with van der Waals surface area (Å²) in [6, 6.07) is 14.7. The minimum atomic E-state index is 0.772. The fourth-order valence-corrected chi connectivity index (χ4v) is 3.92. The van der Waals surface area contributed by atoms with E-state index in [0.717, 1.165) is 56.0 Å². The van der Waals surface area contributed by atoms with E-state index in [2.05, 4.69) is 62.4 Å². The van der Waals surface area contributed by atoms with Gasteiger partial charge in [-0.1, -0.05) is 31.5 Å². The maximum atomic E-state index is 4.85. The number of para-hydroxylation sites is 1. The van der Waals surface area contributed by atoms with Crippen molar-refractivity contribution >= 4 is 28.1 Å². The van der Waals surface area contributed by atoms with E-state index in [9.17, 15) is 0 Å². The molecule has 28 heavy (non-hydrogen) atoms. The molecule has 4 aromatic rings. The second kappa shape index (κ2) is 7.07. The summed E-state index contributed by atoms with van der Waals surface area (Å²) in [5, 5.41) is 13.8. The number of pyridine rings is 1. The van der Waals surface area contributed by atoms with Crippen LogP contribution in [0.1, 0.15) is 19.0 Å². The lowest BCUT2D eigenvalue weighted by Gasteiger charge is -2.37. The molecule has 0 saturated carbocycles. The molecule has 0 atom stereocenters. The number of benzene rings is 1. The number of nitrogens with zero attached hydrogens (tertiary/aromatic N) is 7. The monoisotopic (exact) mass is 373 g/mol. The SMILES string of the molecule is CCCc1cc(N2CCN(c3ccc4nncn4n3)CC2)c2ccccc2n1. The third-order valence-corrected chi connectivity index (χ3v) is 5.35. The Balaban J connectivity index is 1.40. The Bertz CT molecular complexity index is 1110. The van der Waals surface area contributed by atoms with Gasteiger partial charge in [0.25, 0.3) is 0 Å². The van der Waals surface area contributed by atoms with Gasteiger partial charge < -0.3 is 9.80 Å². The molecular formula is C21H23N7. The maximum absolute atomic E-state index is 4.85. The predicted molar refractivity (Wildman–Crippen MR) is 111 cm³/mol. The van der Waals surface area contributed by atoms with E-state index in [-0.39, 0.29) is 0 Å². The number of rotatable bonds is 4. The van der Waals surface area contributed by atoms with E-state index in [1.165, 1.54) is 16.8 Å². The first kappa shape index (κ1) is 16.9. The third-order valence-electron chi connectivity index (χ3n) is 5.35. The molecule has 1 aliphatic rings. The molecule has 0 bridgehead atoms. The minimum absolute atomic E-state index is 0.772. The van der Waals surface area contributed by atoms with Crippen LogP contribution in [-0.2, 0) is 6.42 Å². The standard InChI is InChI=1S/C21H23N7/c1-2-5-16-14-19(17-6-3-4-7-18(17)23-16)26-10-12-27(13-11-26)21-9-8-20-24-22-15-28(20)25-21/h3-4,6-9,14-15H,2,5,10-13H2,1H3. The van der Waals surface area contributed by atoms with Crippen LogP contribution < -0.4 is 9.80 Å². The van der Waals surface area contributed by atoms with Gasteiger partial charge in [0.15, 0.2) is 5.65 Å². The smallest absolute Gasteiger partial charge is 0.177 e. The molecule has 5 rings (SSSR count).